The van der Waals surface area contributed by atoms with Crippen molar-refractivity contribution in [1.29, 1.82) is 0 Å². The van der Waals surface area contributed by atoms with Crippen molar-refractivity contribution in [3.63, 3.8) is 0 Å². The molecular weight excluding hydrogens is 384 g/mol. The molecule has 0 radical (unpaired) electrons. The van der Waals surface area contributed by atoms with Crippen LogP contribution in [-0.4, -0.2) is 22.7 Å². The zero-order valence-corrected chi connectivity index (χ0v) is 16.7. The minimum Gasteiger partial charge on any atom is -0.481 e. The Morgan fingerprint density at radius 1 is 1.14 bits per heavy atom. The maximum Gasteiger partial charge on any atom is 0.313 e. The van der Waals surface area contributed by atoms with E-state index < -0.39 is 11.9 Å². The van der Waals surface area contributed by atoms with Gasteiger partial charge in [0.05, 0.1) is 18.2 Å². The molecule has 1 amide bonds. The number of hydrogen-bond acceptors (Lipinski definition) is 3. The molecule has 0 saturated heterocycles. The van der Waals surface area contributed by atoms with Gasteiger partial charge in [-0.25, -0.2) is 4.85 Å². The van der Waals surface area contributed by atoms with E-state index in [4.69, 9.17) is 11.7 Å². The third-order valence-electron chi connectivity index (χ3n) is 4.65. The van der Waals surface area contributed by atoms with E-state index in [1.165, 1.54) is 11.8 Å². The van der Waals surface area contributed by atoms with Crippen molar-refractivity contribution in [2.45, 2.75) is 18.6 Å². The number of hydrogen-bond donors (Lipinski definition) is 2. The number of nitrogens with zero attached hydrogens (tertiary/aromatic N) is 1. The Morgan fingerprint density at radius 2 is 1.90 bits per heavy atom. The van der Waals surface area contributed by atoms with Crippen LogP contribution in [0.2, 0.25) is 0 Å². The van der Waals surface area contributed by atoms with Crippen LogP contribution in [0.5, 0.6) is 0 Å². The average molecular weight is 404 g/mol. The zero-order valence-electron chi connectivity index (χ0n) is 15.9. The summed E-state index contributed by atoms with van der Waals surface area (Å²) in [4.78, 5) is 27.2. The smallest absolute Gasteiger partial charge is 0.313 e. The van der Waals surface area contributed by atoms with Crippen LogP contribution in [0.25, 0.3) is 15.6 Å². The normalized spacial score (nSPS) is 11.6. The molecule has 6 heteroatoms. The molecule has 3 aromatic carbocycles. The number of amides is 1. The van der Waals surface area contributed by atoms with Gasteiger partial charge in [0.25, 0.3) is 0 Å². The number of benzene rings is 3. The molecule has 0 aliphatic carbocycles. The van der Waals surface area contributed by atoms with E-state index >= 15 is 0 Å². The molecule has 0 aliphatic rings. The Balaban J connectivity index is 1.85. The van der Waals surface area contributed by atoms with Crippen LogP contribution in [0.4, 0.5) is 11.4 Å². The number of carbonyl (C=O) groups is 2. The fourth-order valence-corrected chi connectivity index (χ4v) is 3.88. The summed E-state index contributed by atoms with van der Waals surface area (Å²) in [6, 6.07) is 18.9. The summed E-state index contributed by atoms with van der Waals surface area (Å²) in [6.07, 6.45) is 0. The second-order valence-corrected chi connectivity index (χ2v) is 7.60. The lowest BCUT2D eigenvalue weighted by atomic mass is 9.94. The Bertz CT molecular complexity index is 1100. The molecule has 0 aromatic heterocycles. The summed E-state index contributed by atoms with van der Waals surface area (Å²) in [5.41, 5.74) is 2.70. The number of aliphatic carboxylic acids is 1. The van der Waals surface area contributed by atoms with Crippen molar-refractivity contribution in [1.82, 2.24) is 0 Å². The Kier molecular flexibility index (Phi) is 6.53. The summed E-state index contributed by atoms with van der Waals surface area (Å²) in [7, 11) is 0. The van der Waals surface area contributed by atoms with Crippen molar-refractivity contribution >= 4 is 45.8 Å². The summed E-state index contributed by atoms with van der Waals surface area (Å²) in [5.74, 6) is -1.04. The highest BCUT2D eigenvalue weighted by Gasteiger charge is 2.19. The molecule has 0 spiro atoms. The monoisotopic (exact) mass is 404 g/mol. The molecule has 3 aromatic rings. The first-order valence-corrected chi connectivity index (χ1v) is 10.2. The Hall–Kier alpha value is -3.30. The minimum atomic E-state index is -0.886. The standard InChI is InChI=1S/C23H20N2O3S/c1-15(19-9-5-7-16-6-3-4-8-20(16)19)23(28)25-21-12-18(24-2)11-10-17(21)13-29-14-22(26)27/h3-12,15H,13-14H2,1H3,(H,25,28)(H,26,27). The van der Waals surface area contributed by atoms with Gasteiger partial charge < -0.3 is 10.4 Å². The molecule has 0 heterocycles. The first kappa shape index (κ1) is 20.4. The number of fused-ring (bicyclic) bond motifs is 1. The fraction of sp³-hybridized carbons (Fsp3) is 0.174. The van der Waals surface area contributed by atoms with E-state index in [9.17, 15) is 9.59 Å². The zero-order chi connectivity index (χ0) is 20.8. The van der Waals surface area contributed by atoms with Gasteiger partial charge in [-0.1, -0.05) is 54.6 Å². The van der Waals surface area contributed by atoms with E-state index in [1.807, 2.05) is 49.4 Å². The highest BCUT2D eigenvalue weighted by molar-refractivity contribution is 7.99. The molecule has 1 unspecified atom stereocenters. The Morgan fingerprint density at radius 3 is 2.66 bits per heavy atom. The van der Waals surface area contributed by atoms with E-state index in [1.54, 1.807) is 18.2 Å². The summed E-state index contributed by atoms with van der Waals surface area (Å²) >= 11 is 1.25. The lowest BCUT2D eigenvalue weighted by Crippen LogP contribution is -2.20. The van der Waals surface area contributed by atoms with Crippen molar-refractivity contribution in [3.05, 3.63) is 83.2 Å². The SMILES string of the molecule is [C-]#[N+]c1ccc(CSCC(=O)O)c(NC(=O)C(C)c2cccc3ccccc23)c1. The fourth-order valence-electron chi connectivity index (χ4n) is 3.13. The maximum absolute atomic E-state index is 13.0. The van der Waals surface area contributed by atoms with Gasteiger partial charge in [-0.2, -0.15) is 0 Å². The maximum atomic E-state index is 13.0. The predicted molar refractivity (Wildman–Crippen MR) is 117 cm³/mol. The van der Waals surface area contributed by atoms with Crippen LogP contribution < -0.4 is 5.32 Å². The quantitative estimate of drug-likeness (QED) is 0.514. The average Bonchev–Trinajstić information content (AvgIpc) is 2.73. The highest BCUT2D eigenvalue weighted by atomic mass is 32.2. The molecular formula is C23H20N2O3S. The van der Waals surface area contributed by atoms with Crippen molar-refractivity contribution in [2.75, 3.05) is 11.1 Å². The van der Waals surface area contributed by atoms with Gasteiger partial charge in [0.2, 0.25) is 5.91 Å². The lowest BCUT2D eigenvalue weighted by molar-refractivity contribution is -0.133. The van der Waals surface area contributed by atoms with Gasteiger partial charge in [0.15, 0.2) is 5.69 Å². The van der Waals surface area contributed by atoms with Gasteiger partial charge in [-0.05, 0) is 34.9 Å². The second-order valence-electron chi connectivity index (χ2n) is 6.62. The third-order valence-corrected chi connectivity index (χ3v) is 5.61. The molecule has 29 heavy (non-hydrogen) atoms. The number of thioether (sulfide) groups is 1. The van der Waals surface area contributed by atoms with E-state index in [-0.39, 0.29) is 11.7 Å². The predicted octanol–water partition coefficient (Wildman–Crippen LogP) is 5.45. The largest absolute Gasteiger partial charge is 0.481 e. The lowest BCUT2D eigenvalue weighted by Gasteiger charge is -2.17. The van der Waals surface area contributed by atoms with Gasteiger partial charge in [-0.3, -0.25) is 9.59 Å². The summed E-state index contributed by atoms with van der Waals surface area (Å²) in [5, 5.41) is 13.9. The van der Waals surface area contributed by atoms with Crippen LogP contribution in [0, 0.1) is 6.57 Å². The number of carboxylic acids is 1. The Labute approximate surface area is 173 Å². The molecule has 1 atom stereocenters. The number of rotatable bonds is 7. The van der Waals surface area contributed by atoms with E-state index in [0.717, 1.165) is 21.9 Å². The van der Waals surface area contributed by atoms with Crippen LogP contribution in [0.15, 0.2) is 60.7 Å². The van der Waals surface area contributed by atoms with Gasteiger partial charge in [0.1, 0.15) is 0 Å². The number of carbonyl (C=O) groups excluding carboxylic acids is 1. The highest BCUT2D eigenvalue weighted by Crippen LogP contribution is 2.30. The molecule has 2 N–H and O–H groups in total. The molecule has 3 rings (SSSR count). The van der Waals surface area contributed by atoms with Crippen LogP contribution in [0.1, 0.15) is 24.0 Å². The molecule has 0 bridgehead atoms. The molecule has 0 aliphatic heterocycles. The van der Waals surface area contributed by atoms with Crippen LogP contribution in [-0.2, 0) is 15.3 Å². The molecule has 146 valence electrons. The van der Waals surface area contributed by atoms with Crippen LogP contribution >= 0.6 is 11.8 Å². The second kappa shape index (κ2) is 9.26. The molecule has 5 nitrogen and oxygen atoms in total. The number of anilines is 1. The van der Waals surface area contributed by atoms with Gasteiger partial charge >= 0.3 is 5.97 Å². The first-order chi connectivity index (χ1) is 14.0. The summed E-state index contributed by atoms with van der Waals surface area (Å²) in [6.45, 7) is 9.08. The van der Waals surface area contributed by atoms with Crippen molar-refractivity contribution in [3.8, 4) is 0 Å². The van der Waals surface area contributed by atoms with E-state index in [2.05, 4.69) is 10.2 Å². The third kappa shape index (κ3) is 4.95. The van der Waals surface area contributed by atoms with Crippen molar-refractivity contribution < 1.29 is 14.7 Å². The first-order valence-electron chi connectivity index (χ1n) is 9.08. The summed E-state index contributed by atoms with van der Waals surface area (Å²) < 4.78 is 0. The molecule has 0 fully saturated rings. The topological polar surface area (TPSA) is 70.8 Å². The van der Waals surface area contributed by atoms with Crippen molar-refractivity contribution in [2.24, 2.45) is 0 Å². The number of nitrogens with one attached hydrogen (secondary N) is 1. The number of carboxylic acid groups (broad SMARTS) is 1. The van der Waals surface area contributed by atoms with Gasteiger partial charge in [-0.15, -0.1) is 11.8 Å². The van der Waals surface area contributed by atoms with E-state index in [0.29, 0.717) is 17.1 Å². The molecule has 0 saturated carbocycles. The van der Waals surface area contributed by atoms with Gasteiger partial charge in [0, 0.05) is 11.4 Å². The minimum absolute atomic E-state index is 0.0234. The van der Waals surface area contributed by atoms with Crippen LogP contribution in [0.3, 0.4) is 0 Å².